The lowest BCUT2D eigenvalue weighted by Gasteiger charge is -2.23. The monoisotopic (exact) mass is 438 g/mol. The van der Waals surface area contributed by atoms with Gasteiger partial charge in [-0.05, 0) is 49.2 Å². The first-order valence-electron chi connectivity index (χ1n) is 10.2. The van der Waals surface area contributed by atoms with Crippen LogP contribution in [0, 0.1) is 0 Å². The molecule has 2 aromatic carbocycles. The molecule has 3 aromatic rings. The summed E-state index contributed by atoms with van der Waals surface area (Å²) in [6.45, 7) is 2.48. The second-order valence-electron chi connectivity index (χ2n) is 7.35. The van der Waals surface area contributed by atoms with E-state index in [1.54, 1.807) is 0 Å². The maximum Gasteiger partial charge on any atom is 0.277 e. The molecule has 0 bridgehead atoms. The van der Waals surface area contributed by atoms with E-state index in [0.29, 0.717) is 22.6 Å². The number of benzene rings is 2. The van der Waals surface area contributed by atoms with Gasteiger partial charge in [0.05, 0.1) is 5.75 Å². The van der Waals surface area contributed by atoms with Gasteiger partial charge >= 0.3 is 0 Å². The number of carbonyl (C=O) groups excluding carboxylic acids is 1. The second-order valence-corrected chi connectivity index (χ2v) is 8.27. The second kappa shape index (κ2) is 8.89. The molecule has 0 radical (unpaired) electrons. The minimum absolute atomic E-state index is 0.134. The maximum atomic E-state index is 12.3. The van der Waals surface area contributed by atoms with Gasteiger partial charge < -0.3 is 24.1 Å². The Bertz CT molecular complexity index is 1050. The van der Waals surface area contributed by atoms with E-state index in [4.69, 9.17) is 13.9 Å². The van der Waals surface area contributed by atoms with Gasteiger partial charge in [0.25, 0.3) is 11.1 Å². The number of anilines is 2. The number of para-hydroxylation sites is 2. The molecule has 1 unspecified atom stereocenters. The molecule has 1 atom stereocenters. The van der Waals surface area contributed by atoms with Crippen LogP contribution in [0.4, 0.5) is 11.4 Å². The predicted octanol–water partition coefficient (Wildman–Crippen LogP) is 3.91. The molecule has 9 heteroatoms. The van der Waals surface area contributed by atoms with Gasteiger partial charge in [-0.15, -0.1) is 10.2 Å². The number of nitrogens with zero attached hydrogens (tertiary/aromatic N) is 3. The molecule has 0 saturated carbocycles. The van der Waals surface area contributed by atoms with Crippen LogP contribution in [0.15, 0.2) is 58.2 Å². The van der Waals surface area contributed by atoms with Crippen LogP contribution in [0.5, 0.6) is 11.5 Å². The standard InChI is InChI=1S/C22H22N4O4S/c27-20(23-15-7-9-16(10-8-15)26-11-3-4-12-26)14-31-22-25-24-21(30-22)19-13-28-17-5-1-2-6-18(17)29-19/h1-2,5-10,19H,3-4,11-14H2,(H,23,27). The summed E-state index contributed by atoms with van der Waals surface area (Å²) in [6.07, 6.45) is 2.00. The molecule has 31 heavy (non-hydrogen) atoms. The Morgan fingerprint density at radius 1 is 1.06 bits per heavy atom. The van der Waals surface area contributed by atoms with Crippen molar-refractivity contribution in [2.45, 2.75) is 24.2 Å². The molecule has 2 aliphatic heterocycles. The fourth-order valence-electron chi connectivity index (χ4n) is 3.61. The largest absolute Gasteiger partial charge is 0.485 e. The van der Waals surface area contributed by atoms with Gasteiger partial charge in [-0.3, -0.25) is 4.79 Å². The van der Waals surface area contributed by atoms with Crippen molar-refractivity contribution in [2.75, 3.05) is 35.7 Å². The average molecular weight is 439 g/mol. The van der Waals surface area contributed by atoms with Crippen molar-refractivity contribution in [2.24, 2.45) is 0 Å². The lowest BCUT2D eigenvalue weighted by molar-refractivity contribution is -0.113. The molecule has 0 spiro atoms. The summed E-state index contributed by atoms with van der Waals surface area (Å²) in [5.74, 6) is 1.69. The van der Waals surface area contributed by atoms with Gasteiger partial charge in [0.2, 0.25) is 12.0 Å². The molecule has 160 valence electrons. The molecule has 5 rings (SSSR count). The Kier molecular flexibility index (Phi) is 5.66. The molecule has 1 amide bonds. The van der Waals surface area contributed by atoms with E-state index in [-0.39, 0.29) is 18.3 Å². The first kappa shape index (κ1) is 19.7. The highest BCUT2D eigenvalue weighted by Crippen LogP contribution is 2.36. The molecule has 1 aromatic heterocycles. The highest BCUT2D eigenvalue weighted by Gasteiger charge is 2.27. The summed E-state index contributed by atoms with van der Waals surface area (Å²) in [6, 6.07) is 15.4. The van der Waals surface area contributed by atoms with Crippen LogP contribution >= 0.6 is 11.8 Å². The number of thioether (sulfide) groups is 1. The van der Waals surface area contributed by atoms with E-state index in [0.717, 1.165) is 18.8 Å². The number of carbonyl (C=O) groups is 1. The Morgan fingerprint density at radius 3 is 2.65 bits per heavy atom. The first-order valence-corrected chi connectivity index (χ1v) is 11.2. The lowest BCUT2D eigenvalue weighted by Crippen LogP contribution is -2.21. The van der Waals surface area contributed by atoms with Gasteiger partial charge in [0.15, 0.2) is 11.5 Å². The number of nitrogens with one attached hydrogen (secondary N) is 1. The van der Waals surface area contributed by atoms with Crippen molar-refractivity contribution in [1.29, 1.82) is 0 Å². The van der Waals surface area contributed by atoms with Crippen molar-refractivity contribution < 1.29 is 18.7 Å². The minimum Gasteiger partial charge on any atom is -0.485 e. The summed E-state index contributed by atoms with van der Waals surface area (Å²) < 4.78 is 17.2. The van der Waals surface area contributed by atoms with Crippen LogP contribution < -0.4 is 19.7 Å². The van der Waals surface area contributed by atoms with Crippen LogP contribution in [0.25, 0.3) is 0 Å². The van der Waals surface area contributed by atoms with Crippen molar-refractivity contribution >= 4 is 29.0 Å². The van der Waals surface area contributed by atoms with E-state index in [1.807, 2.05) is 48.5 Å². The van der Waals surface area contributed by atoms with Crippen LogP contribution in [0.2, 0.25) is 0 Å². The lowest BCUT2D eigenvalue weighted by atomic mass is 10.2. The van der Waals surface area contributed by atoms with Gasteiger partial charge in [0, 0.05) is 24.5 Å². The number of hydrogen-bond acceptors (Lipinski definition) is 8. The maximum absolute atomic E-state index is 12.3. The third kappa shape index (κ3) is 4.61. The topological polar surface area (TPSA) is 89.7 Å². The van der Waals surface area contributed by atoms with Crippen molar-refractivity contribution in [3.05, 3.63) is 54.4 Å². The third-order valence-corrected chi connectivity index (χ3v) is 5.97. The van der Waals surface area contributed by atoms with Crippen LogP contribution in [-0.2, 0) is 4.79 Å². The zero-order chi connectivity index (χ0) is 21.0. The normalized spacial score (nSPS) is 17.5. The number of amides is 1. The quantitative estimate of drug-likeness (QED) is 0.580. The summed E-state index contributed by atoms with van der Waals surface area (Å²) in [5, 5.41) is 11.3. The average Bonchev–Trinajstić information content (AvgIpc) is 3.50. The van der Waals surface area contributed by atoms with Gasteiger partial charge in [-0.1, -0.05) is 23.9 Å². The fourth-order valence-corrected chi connectivity index (χ4v) is 4.17. The summed E-state index contributed by atoms with van der Waals surface area (Å²) >= 11 is 1.18. The van der Waals surface area contributed by atoms with E-state index in [1.165, 1.54) is 30.3 Å². The zero-order valence-electron chi connectivity index (χ0n) is 16.8. The summed E-state index contributed by atoms with van der Waals surface area (Å²) in [7, 11) is 0. The third-order valence-electron chi connectivity index (χ3n) is 5.16. The Labute approximate surface area is 183 Å². The molecule has 0 aliphatic carbocycles. The van der Waals surface area contributed by atoms with Crippen molar-refractivity contribution in [1.82, 2.24) is 10.2 Å². The molecular formula is C22H22N4O4S. The van der Waals surface area contributed by atoms with Crippen LogP contribution in [0.1, 0.15) is 24.8 Å². The molecule has 1 fully saturated rings. The summed E-state index contributed by atoms with van der Waals surface area (Å²) in [4.78, 5) is 14.7. The van der Waals surface area contributed by atoms with Gasteiger partial charge in [0.1, 0.15) is 6.61 Å². The van der Waals surface area contributed by atoms with Crippen LogP contribution in [0.3, 0.4) is 0 Å². The molecule has 1 N–H and O–H groups in total. The minimum atomic E-state index is -0.473. The Morgan fingerprint density at radius 2 is 1.84 bits per heavy atom. The van der Waals surface area contributed by atoms with Crippen molar-refractivity contribution in [3.63, 3.8) is 0 Å². The SMILES string of the molecule is O=C(CSc1nnc(C2COc3ccccc3O2)o1)Nc1ccc(N2CCCC2)cc1. The molecular weight excluding hydrogens is 416 g/mol. The first-order chi connectivity index (χ1) is 15.2. The highest BCUT2D eigenvalue weighted by atomic mass is 32.2. The van der Waals surface area contributed by atoms with E-state index < -0.39 is 6.10 Å². The molecule has 3 heterocycles. The molecule has 1 saturated heterocycles. The van der Waals surface area contributed by atoms with Crippen LogP contribution in [-0.4, -0.2) is 41.6 Å². The van der Waals surface area contributed by atoms with Gasteiger partial charge in [-0.2, -0.15) is 0 Å². The number of ether oxygens (including phenoxy) is 2. The predicted molar refractivity (Wildman–Crippen MR) is 117 cm³/mol. The number of rotatable bonds is 6. The highest BCUT2D eigenvalue weighted by molar-refractivity contribution is 7.99. The Balaban J connectivity index is 1.12. The Hall–Kier alpha value is -3.20. The van der Waals surface area contributed by atoms with Crippen molar-refractivity contribution in [3.8, 4) is 11.5 Å². The smallest absolute Gasteiger partial charge is 0.277 e. The number of aromatic nitrogens is 2. The molecule has 8 nitrogen and oxygen atoms in total. The number of fused-ring (bicyclic) bond motifs is 1. The number of hydrogen-bond donors (Lipinski definition) is 1. The molecule has 2 aliphatic rings. The van der Waals surface area contributed by atoms with Gasteiger partial charge in [-0.25, -0.2) is 0 Å². The van der Waals surface area contributed by atoms with E-state index >= 15 is 0 Å². The summed E-state index contributed by atoms with van der Waals surface area (Å²) in [5.41, 5.74) is 1.96. The van der Waals surface area contributed by atoms with E-state index in [9.17, 15) is 4.79 Å². The fraction of sp³-hybridized carbons (Fsp3) is 0.318. The van der Waals surface area contributed by atoms with E-state index in [2.05, 4.69) is 20.4 Å². The zero-order valence-corrected chi connectivity index (χ0v) is 17.6.